The molecule has 1 aromatic carbocycles. The molecule has 1 amide bonds. The summed E-state index contributed by atoms with van der Waals surface area (Å²) < 4.78 is 5.22. The van der Waals surface area contributed by atoms with Crippen LogP contribution in [0.4, 0.5) is 0 Å². The van der Waals surface area contributed by atoms with Crippen molar-refractivity contribution in [2.75, 3.05) is 39.8 Å². The molecule has 3 N–H and O–H groups in total. The normalized spacial score (nSPS) is 21.9. The minimum absolute atomic E-state index is 0.0295. The van der Waals surface area contributed by atoms with Crippen molar-refractivity contribution in [3.05, 3.63) is 29.8 Å². The van der Waals surface area contributed by atoms with E-state index in [1.807, 2.05) is 41.0 Å². The van der Waals surface area contributed by atoms with Gasteiger partial charge in [0.25, 0.3) is 0 Å². The van der Waals surface area contributed by atoms with Gasteiger partial charge in [-0.2, -0.15) is 0 Å². The van der Waals surface area contributed by atoms with Crippen LogP contribution in [-0.4, -0.2) is 72.7 Å². The van der Waals surface area contributed by atoms with Crippen LogP contribution in [0.15, 0.2) is 24.3 Å². The number of ether oxygens (including phenoxy) is 1. The summed E-state index contributed by atoms with van der Waals surface area (Å²) in [6.45, 7) is 6.53. The number of hydrogen-bond donors (Lipinski definition) is 2. The second-order valence-corrected chi connectivity index (χ2v) is 7.67. The van der Waals surface area contributed by atoms with Crippen LogP contribution >= 0.6 is 0 Å². The number of aliphatic carboxylic acids is 1. The Morgan fingerprint density at radius 1 is 1.24 bits per heavy atom. The van der Waals surface area contributed by atoms with Gasteiger partial charge in [-0.15, -0.1) is 0 Å². The maximum Gasteiger partial charge on any atom is 0.308 e. The van der Waals surface area contributed by atoms with Crippen molar-refractivity contribution in [2.24, 2.45) is 11.7 Å². The number of hydrogen-bond acceptors (Lipinski definition) is 5. The zero-order valence-corrected chi connectivity index (χ0v) is 17.8. The van der Waals surface area contributed by atoms with Gasteiger partial charge in [-0.25, -0.2) is 0 Å². The molecule has 2 rings (SSSR count). The number of carboxylic acid groups (broad SMARTS) is 1. The Kier molecular flexibility index (Phi) is 8.92. The van der Waals surface area contributed by atoms with Crippen molar-refractivity contribution in [2.45, 2.75) is 45.1 Å². The van der Waals surface area contributed by atoms with E-state index in [9.17, 15) is 14.7 Å². The molecule has 3 atom stereocenters. The van der Waals surface area contributed by atoms with Crippen LogP contribution in [0.2, 0.25) is 0 Å². The van der Waals surface area contributed by atoms with E-state index < -0.39 is 11.9 Å². The summed E-state index contributed by atoms with van der Waals surface area (Å²) in [4.78, 5) is 28.9. The third-order valence-corrected chi connectivity index (χ3v) is 5.87. The molecule has 1 aliphatic rings. The van der Waals surface area contributed by atoms with E-state index in [1.54, 1.807) is 7.11 Å². The number of rotatable bonds is 11. The van der Waals surface area contributed by atoms with Gasteiger partial charge in [0, 0.05) is 38.1 Å². The lowest BCUT2D eigenvalue weighted by molar-refractivity contribution is -0.143. The van der Waals surface area contributed by atoms with Crippen molar-refractivity contribution < 1.29 is 19.4 Å². The minimum atomic E-state index is -0.808. The second-order valence-electron chi connectivity index (χ2n) is 7.67. The van der Waals surface area contributed by atoms with Gasteiger partial charge in [0.15, 0.2) is 0 Å². The summed E-state index contributed by atoms with van der Waals surface area (Å²) in [7, 11) is 1.61. The molecule has 0 bridgehead atoms. The highest BCUT2D eigenvalue weighted by Gasteiger charge is 2.46. The van der Waals surface area contributed by atoms with Crippen LogP contribution in [0.1, 0.15) is 44.6 Å². The molecule has 1 aromatic rings. The fourth-order valence-corrected chi connectivity index (χ4v) is 4.33. The van der Waals surface area contributed by atoms with Gasteiger partial charge >= 0.3 is 5.97 Å². The summed E-state index contributed by atoms with van der Waals surface area (Å²) in [5.74, 6) is -0.736. The molecule has 0 aliphatic carbocycles. The number of amides is 1. The Morgan fingerprint density at radius 3 is 2.45 bits per heavy atom. The monoisotopic (exact) mass is 405 g/mol. The van der Waals surface area contributed by atoms with E-state index >= 15 is 0 Å². The van der Waals surface area contributed by atoms with Crippen molar-refractivity contribution >= 4 is 11.9 Å². The van der Waals surface area contributed by atoms with Crippen molar-refractivity contribution in [3.63, 3.8) is 0 Å². The van der Waals surface area contributed by atoms with E-state index in [-0.39, 0.29) is 24.4 Å². The number of methoxy groups -OCH3 is 1. The minimum Gasteiger partial charge on any atom is -0.497 e. The van der Waals surface area contributed by atoms with E-state index in [4.69, 9.17) is 10.5 Å². The Hall–Kier alpha value is -2.12. The Morgan fingerprint density at radius 2 is 1.93 bits per heavy atom. The summed E-state index contributed by atoms with van der Waals surface area (Å²) in [5.41, 5.74) is 6.66. The maximum absolute atomic E-state index is 12.9. The molecule has 1 aliphatic heterocycles. The predicted octanol–water partition coefficient (Wildman–Crippen LogP) is 2.16. The summed E-state index contributed by atoms with van der Waals surface area (Å²) in [5, 5.41) is 9.95. The lowest BCUT2D eigenvalue weighted by Gasteiger charge is -2.28. The van der Waals surface area contributed by atoms with Gasteiger partial charge in [0.05, 0.1) is 19.6 Å². The standard InChI is InChI=1S/C22H35N3O4/c1-4-6-12-24(13-11-23)20(26)15-25-14-18(21(22(27)28)19(25)5-2)16-7-9-17(29-3)10-8-16/h7-10,18-19,21H,4-6,11-15,23H2,1-3H3,(H,27,28)/t18-,19+,21-/m1/s1. The Labute approximate surface area is 173 Å². The Balaban J connectivity index is 2.20. The first-order valence-electron chi connectivity index (χ1n) is 10.5. The van der Waals surface area contributed by atoms with Crippen molar-refractivity contribution in [3.8, 4) is 5.75 Å². The fourth-order valence-electron chi connectivity index (χ4n) is 4.33. The molecule has 1 heterocycles. The van der Waals surface area contributed by atoms with Gasteiger partial charge in [-0.05, 0) is 30.5 Å². The van der Waals surface area contributed by atoms with Gasteiger partial charge < -0.3 is 20.5 Å². The first kappa shape index (κ1) is 23.2. The average molecular weight is 406 g/mol. The molecular weight excluding hydrogens is 370 g/mol. The summed E-state index contributed by atoms with van der Waals surface area (Å²) >= 11 is 0. The molecule has 7 nitrogen and oxygen atoms in total. The number of unbranched alkanes of at least 4 members (excludes halogenated alkanes) is 1. The first-order chi connectivity index (χ1) is 14.0. The SMILES string of the molecule is CCCCN(CCN)C(=O)CN1C[C@H](c2ccc(OC)cc2)[C@@H](C(=O)O)[C@@H]1CC. The zero-order valence-electron chi connectivity index (χ0n) is 17.8. The highest BCUT2D eigenvalue weighted by atomic mass is 16.5. The Bertz CT molecular complexity index is 665. The molecule has 0 saturated carbocycles. The number of nitrogens with two attached hydrogens (primary N) is 1. The van der Waals surface area contributed by atoms with E-state index in [0.717, 1.165) is 24.2 Å². The van der Waals surface area contributed by atoms with E-state index in [2.05, 4.69) is 6.92 Å². The number of carbonyl (C=O) groups excluding carboxylic acids is 1. The highest BCUT2D eigenvalue weighted by Crippen LogP contribution is 2.39. The predicted molar refractivity (Wildman–Crippen MR) is 113 cm³/mol. The molecule has 1 saturated heterocycles. The first-order valence-corrected chi connectivity index (χ1v) is 10.5. The number of carbonyl (C=O) groups is 2. The maximum atomic E-state index is 12.9. The van der Waals surface area contributed by atoms with Crippen LogP contribution in [0, 0.1) is 5.92 Å². The number of benzene rings is 1. The molecule has 162 valence electrons. The average Bonchev–Trinajstić information content (AvgIpc) is 3.09. The highest BCUT2D eigenvalue weighted by molar-refractivity contribution is 5.79. The number of carboxylic acids is 1. The van der Waals surface area contributed by atoms with Gasteiger partial charge in [0.2, 0.25) is 5.91 Å². The van der Waals surface area contributed by atoms with Crippen LogP contribution in [0.25, 0.3) is 0 Å². The molecular formula is C22H35N3O4. The van der Waals surface area contributed by atoms with Crippen LogP contribution in [-0.2, 0) is 9.59 Å². The van der Waals surface area contributed by atoms with E-state index in [0.29, 0.717) is 32.6 Å². The third-order valence-electron chi connectivity index (χ3n) is 5.87. The van der Waals surface area contributed by atoms with Gasteiger partial charge in [-0.1, -0.05) is 32.4 Å². The largest absolute Gasteiger partial charge is 0.497 e. The van der Waals surface area contributed by atoms with Crippen LogP contribution in [0.3, 0.4) is 0 Å². The lowest BCUT2D eigenvalue weighted by atomic mass is 9.84. The number of likely N-dealkylation sites (tertiary alicyclic amines) is 1. The summed E-state index contributed by atoms with van der Waals surface area (Å²) in [6, 6.07) is 7.40. The smallest absolute Gasteiger partial charge is 0.308 e. The van der Waals surface area contributed by atoms with Crippen molar-refractivity contribution in [1.29, 1.82) is 0 Å². The molecule has 7 heteroatoms. The van der Waals surface area contributed by atoms with E-state index in [1.165, 1.54) is 0 Å². The molecule has 0 unspecified atom stereocenters. The van der Waals surface area contributed by atoms with Crippen molar-refractivity contribution in [1.82, 2.24) is 9.80 Å². The molecule has 0 radical (unpaired) electrons. The quantitative estimate of drug-likeness (QED) is 0.586. The second kappa shape index (κ2) is 11.2. The lowest BCUT2D eigenvalue weighted by Crippen LogP contribution is -2.45. The molecule has 0 aromatic heterocycles. The van der Waals surface area contributed by atoms with Crippen LogP contribution in [0.5, 0.6) is 5.75 Å². The molecule has 1 fully saturated rings. The van der Waals surface area contributed by atoms with Gasteiger partial charge in [-0.3, -0.25) is 14.5 Å². The molecule has 29 heavy (non-hydrogen) atoms. The fraction of sp³-hybridized carbons (Fsp3) is 0.636. The summed E-state index contributed by atoms with van der Waals surface area (Å²) in [6.07, 6.45) is 2.63. The topological polar surface area (TPSA) is 96.1 Å². The zero-order chi connectivity index (χ0) is 21.4. The third kappa shape index (κ3) is 5.70. The molecule has 0 spiro atoms. The number of nitrogens with zero attached hydrogens (tertiary/aromatic N) is 2. The van der Waals surface area contributed by atoms with Crippen LogP contribution < -0.4 is 10.5 Å². The van der Waals surface area contributed by atoms with Gasteiger partial charge in [0.1, 0.15) is 5.75 Å².